The number of nitrogens with zero attached hydrogens (tertiary/aromatic N) is 1. The lowest BCUT2D eigenvalue weighted by Crippen LogP contribution is -2.21. The standard InChI is InChI=1S/C11H13N3O2/c1-2-11-14-8-5-7(13-10(15)6-12)3-4-9(8)16-11/h3-5H,2,6,12H2,1H3,(H,13,15). The summed E-state index contributed by atoms with van der Waals surface area (Å²) in [6.45, 7) is 1.94. The third-order valence-electron chi connectivity index (χ3n) is 2.20. The van der Waals surface area contributed by atoms with Crippen LogP contribution in [0.4, 0.5) is 5.69 Å². The molecule has 0 unspecified atom stereocenters. The molecule has 0 saturated heterocycles. The second-order valence-electron chi connectivity index (χ2n) is 3.40. The molecule has 0 atom stereocenters. The lowest BCUT2D eigenvalue weighted by atomic mass is 10.3. The number of oxazole rings is 1. The summed E-state index contributed by atoms with van der Waals surface area (Å²) in [6, 6.07) is 5.32. The second-order valence-corrected chi connectivity index (χ2v) is 3.40. The van der Waals surface area contributed by atoms with Crippen molar-refractivity contribution in [1.82, 2.24) is 4.98 Å². The zero-order chi connectivity index (χ0) is 11.5. The van der Waals surface area contributed by atoms with Crippen molar-refractivity contribution in [2.45, 2.75) is 13.3 Å². The monoisotopic (exact) mass is 219 g/mol. The summed E-state index contributed by atoms with van der Waals surface area (Å²) in [5, 5.41) is 2.67. The number of carbonyl (C=O) groups excluding carboxylic acids is 1. The molecule has 1 aromatic heterocycles. The molecule has 0 aliphatic heterocycles. The van der Waals surface area contributed by atoms with Gasteiger partial charge in [-0.25, -0.2) is 4.98 Å². The second kappa shape index (κ2) is 4.32. The van der Waals surface area contributed by atoms with Crippen molar-refractivity contribution in [3.8, 4) is 0 Å². The quantitative estimate of drug-likeness (QED) is 0.814. The molecule has 0 aliphatic carbocycles. The summed E-state index contributed by atoms with van der Waals surface area (Å²) in [6.07, 6.45) is 0.749. The fourth-order valence-corrected chi connectivity index (χ4v) is 1.42. The molecule has 16 heavy (non-hydrogen) atoms. The number of carbonyl (C=O) groups is 1. The molecule has 84 valence electrons. The minimum Gasteiger partial charge on any atom is -0.441 e. The molecule has 5 heteroatoms. The van der Waals surface area contributed by atoms with Gasteiger partial charge in [0.1, 0.15) is 5.52 Å². The maximum Gasteiger partial charge on any atom is 0.238 e. The molecular formula is C11H13N3O2. The van der Waals surface area contributed by atoms with Crippen LogP contribution in [0.15, 0.2) is 22.6 Å². The maximum atomic E-state index is 11.1. The Kier molecular flexibility index (Phi) is 2.87. The minimum atomic E-state index is -0.224. The van der Waals surface area contributed by atoms with Gasteiger partial charge in [0.05, 0.1) is 6.54 Å². The predicted octanol–water partition coefficient (Wildman–Crippen LogP) is 1.29. The predicted molar refractivity (Wildman–Crippen MR) is 61.1 cm³/mol. The zero-order valence-corrected chi connectivity index (χ0v) is 8.99. The molecule has 0 bridgehead atoms. The van der Waals surface area contributed by atoms with E-state index in [0.29, 0.717) is 11.6 Å². The average Bonchev–Trinajstić information content (AvgIpc) is 2.71. The Balaban J connectivity index is 2.32. The molecule has 0 aliphatic rings. The van der Waals surface area contributed by atoms with Crippen molar-refractivity contribution in [1.29, 1.82) is 0 Å². The summed E-state index contributed by atoms with van der Waals surface area (Å²) in [7, 11) is 0. The maximum absolute atomic E-state index is 11.1. The fourth-order valence-electron chi connectivity index (χ4n) is 1.42. The molecule has 3 N–H and O–H groups in total. The summed E-state index contributed by atoms with van der Waals surface area (Å²) in [5.74, 6) is 0.468. The Labute approximate surface area is 92.6 Å². The van der Waals surface area contributed by atoms with Crippen LogP contribution in [-0.4, -0.2) is 17.4 Å². The van der Waals surface area contributed by atoms with E-state index in [4.69, 9.17) is 10.2 Å². The van der Waals surface area contributed by atoms with Crippen LogP contribution in [0.25, 0.3) is 11.1 Å². The van der Waals surface area contributed by atoms with Crippen molar-refractivity contribution in [2.75, 3.05) is 11.9 Å². The van der Waals surface area contributed by atoms with E-state index in [2.05, 4.69) is 10.3 Å². The number of fused-ring (bicyclic) bond motifs is 1. The minimum absolute atomic E-state index is 0.0307. The van der Waals surface area contributed by atoms with Gasteiger partial charge in [-0.2, -0.15) is 0 Å². The Morgan fingerprint density at radius 1 is 1.56 bits per heavy atom. The number of aromatic nitrogens is 1. The smallest absolute Gasteiger partial charge is 0.238 e. The number of benzene rings is 1. The number of hydrogen-bond acceptors (Lipinski definition) is 4. The first kappa shape index (κ1) is 10.6. The molecule has 1 amide bonds. The van der Waals surface area contributed by atoms with E-state index in [1.54, 1.807) is 18.2 Å². The van der Waals surface area contributed by atoms with E-state index in [1.165, 1.54) is 0 Å². The zero-order valence-electron chi connectivity index (χ0n) is 8.99. The Hall–Kier alpha value is -1.88. The Bertz CT molecular complexity index is 519. The van der Waals surface area contributed by atoms with E-state index in [1.807, 2.05) is 6.92 Å². The molecule has 1 heterocycles. The van der Waals surface area contributed by atoms with Crippen LogP contribution in [0.5, 0.6) is 0 Å². The first-order valence-corrected chi connectivity index (χ1v) is 5.12. The summed E-state index contributed by atoms with van der Waals surface area (Å²) >= 11 is 0. The summed E-state index contributed by atoms with van der Waals surface area (Å²) in [5.41, 5.74) is 7.36. The Morgan fingerprint density at radius 3 is 3.06 bits per heavy atom. The van der Waals surface area contributed by atoms with Crippen molar-refractivity contribution in [2.24, 2.45) is 5.73 Å². The summed E-state index contributed by atoms with van der Waals surface area (Å²) < 4.78 is 5.45. The summed E-state index contributed by atoms with van der Waals surface area (Å²) in [4.78, 5) is 15.4. The van der Waals surface area contributed by atoms with Gasteiger partial charge in [0.2, 0.25) is 5.91 Å². The molecule has 0 saturated carbocycles. The molecular weight excluding hydrogens is 206 g/mol. The molecule has 1 aromatic carbocycles. The highest BCUT2D eigenvalue weighted by molar-refractivity contribution is 5.93. The lowest BCUT2D eigenvalue weighted by molar-refractivity contribution is -0.114. The number of rotatable bonds is 3. The average molecular weight is 219 g/mol. The van der Waals surface area contributed by atoms with E-state index in [0.717, 1.165) is 17.5 Å². The largest absolute Gasteiger partial charge is 0.441 e. The highest BCUT2D eigenvalue weighted by Gasteiger charge is 2.06. The van der Waals surface area contributed by atoms with Gasteiger partial charge >= 0.3 is 0 Å². The normalized spacial score (nSPS) is 10.6. The number of hydrogen-bond donors (Lipinski definition) is 2. The van der Waals surface area contributed by atoms with Crippen LogP contribution in [0.1, 0.15) is 12.8 Å². The van der Waals surface area contributed by atoms with Gasteiger partial charge in [0.25, 0.3) is 0 Å². The number of amides is 1. The van der Waals surface area contributed by atoms with Crippen LogP contribution in [-0.2, 0) is 11.2 Å². The molecule has 0 radical (unpaired) electrons. The topological polar surface area (TPSA) is 81.2 Å². The van der Waals surface area contributed by atoms with Gasteiger partial charge in [-0.1, -0.05) is 6.92 Å². The lowest BCUT2D eigenvalue weighted by Gasteiger charge is -2.01. The van der Waals surface area contributed by atoms with Crippen LogP contribution in [0, 0.1) is 0 Å². The van der Waals surface area contributed by atoms with Crippen molar-refractivity contribution in [3.63, 3.8) is 0 Å². The first-order valence-electron chi connectivity index (χ1n) is 5.12. The van der Waals surface area contributed by atoms with E-state index in [-0.39, 0.29) is 12.5 Å². The molecule has 0 fully saturated rings. The third-order valence-corrected chi connectivity index (χ3v) is 2.20. The van der Waals surface area contributed by atoms with Gasteiger partial charge in [-0.05, 0) is 18.2 Å². The van der Waals surface area contributed by atoms with Crippen LogP contribution in [0.2, 0.25) is 0 Å². The fraction of sp³-hybridized carbons (Fsp3) is 0.273. The number of nitrogens with one attached hydrogen (secondary N) is 1. The van der Waals surface area contributed by atoms with Gasteiger partial charge in [-0.3, -0.25) is 4.79 Å². The van der Waals surface area contributed by atoms with E-state index < -0.39 is 0 Å². The molecule has 2 aromatic rings. The first-order chi connectivity index (χ1) is 7.72. The molecule has 0 spiro atoms. The number of aryl methyl sites for hydroxylation is 1. The highest BCUT2D eigenvalue weighted by atomic mass is 16.3. The highest BCUT2D eigenvalue weighted by Crippen LogP contribution is 2.20. The Morgan fingerprint density at radius 2 is 2.38 bits per heavy atom. The van der Waals surface area contributed by atoms with Crippen molar-refractivity contribution in [3.05, 3.63) is 24.1 Å². The van der Waals surface area contributed by atoms with E-state index in [9.17, 15) is 4.79 Å². The van der Waals surface area contributed by atoms with Gasteiger partial charge < -0.3 is 15.5 Å². The number of nitrogens with two attached hydrogens (primary N) is 1. The molecule has 2 rings (SSSR count). The van der Waals surface area contributed by atoms with Crippen LogP contribution in [0.3, 0.4) is 0 Å². The third kappa shape index (κ3) is 2.04. The van der Waals surface area contributed by atoms with E-state index >= 15 is 0 Å². The van der Waals surface area contributed by atoms with Crippen molar-refractivity contribution < 1.29 is 9.21 Å². The van der Waals surface area contributed by atoms with Gasteiger partial charge in [0, 0.05) is 12.1 Å². The van der Waals surface area contributed by atoms with Crippen molar-refractivity contribution >= 4 is 22.7 Å². The molecule has 5 nitrogen and oxygen atoms in total. The van der Waals surface area contributed by atoms with Crippen LogP contribution >= 0.6 is 0 Å². The van der Waals surface area contributed by atoms with Crippen LogP contribution < -0.4 is 11.1 Å². The number of anilines is 1. The van der Waals surface area contributed by atoms with Gasteiger partial charge in [0.15, 0.2) is 11.5 Å². The SMILES string of the molecule is CCc1nc2cc(NC(=O)CN)ccc2o1. The van der Waals surface area contributed by atoms with Gasteiger partial charge in [-0.15, -0.1) is 0 Å².